The van der Waals surface area contributed by atoms with Crippen LogP contribution < -0.4 is 10.6 Å². The number of nitrogens with zero attached hydrogens (tertiary/aromatic N) is 3. The molecule has 0 saturated carbocycles. The van der Waals surface area contributed by atoms with Crippen molar-refractivity contribution >= 4 is 28.7 Å². The third-order valence-corrected chi connectivity index (χ3v) is 5.63. The molecule has 1 fully saturated rings. The molecule has 1 aliphatic rings. The number of carbonyl (C=O) groups excluding carboxylic acids is 2. The van der Waals surface area contributed by atoms with Crippen molar-refractivity contribution in [1.29, 1.82) is 0 Å². The zero-order chi connectivity index (χ0) is 21.8. The Labute approximate surface area is 182 Å². The zero-order valence-corrected chi connectivity index (χ0v) is 18.1. The SMILES string of the molecule is Cc1cc(C)cc(NC(=O)NCCn2cnc3cc(C(=O)N4CCCCC4)ccc32)c1. The van der Waals surface area contributed by atoms with Crippen LogP contribution in [0.15, 0.2) is 42.7 Å². The molecule has 3 amide bonds. The van der Waals surface area contributed by atoms with E-state index in [9.17, 15) is 9.59 Å². The lowest BCUT2D eigenvalue weighted by Gasteiger charge is -2.26. The van der Waals surface area contributed by atoms with E-state index in [-0.39, 0.29) is 11.9 Å². The van der Waals surface area contributed by atoms with E-state index in [2.05, 4.69) is 21.7 Å². The van der Waals surface area contributed by atoms with Crippen LogP contribution in [0.1, 0.15) is 40.7 Å². The van der Waals surface area contributed by atoms with Gasteiger partial charge in [-0.3, -0.25) is 4.79 Å². The lowest BCUT2D eigenvalue weighted by atomic mass is 10.1. The van der Waals surface area contributed by atoms with Crippen LogP contribution in [-0.4, -0.2) is 46.0 Å². The van der Waals surface area contributed by atoms with Crippen molar-refractivity contribution in [1.82, 2.24) is 19.8 Å². The maximum Gasteiger partial charge on any atom is 0.319 e. The van der Waals surface area contributed by atoms with Crippen LogP contribution in [0.2, 0.25) is 0 Å². The molecule has 1 aromatic heterocycles. The summed E-state index contributed by atoms with van der Waals surface area (Å²) in [6.45, 7) is 6.74. The second kappa shape index (κ2) is 9.20. The number of aromatic nitrogens is 2. The Morgan fingerprint density at radius 2 is 1.74 bits per heavy atom. The average molecular weight is 420 g/mol. The van der Waals surface area contributed by atoms with Gasteiger partial charge in [-0.05, 0) is 74.6 Å². The number of fused-ring (bicyclic) bond motifs is 1. The summed E-state index contributed by atoms with van der Waals surface area (Å²) in [5.74, 6) is 0.0841. The van der Waals surface area contributed by atoms with Gasteiger partial charge < -0.3 is 20.1 Å². The molecule has 1 saturated heterocycles. The number of nitrogens with one attached hydrogen (secondary N) is 2. The lowest BCUT2D eigenvalue weighted by Crippen LogP contribution is -2.35. The fourth-order valence-electron chi connectivity index (χ4n) is 4.17. The summed E-state index contributed by atoms with van der Waals surface area (Å²) in [6, 6.07) is 11.4. The van der Waals surface area contributed by atoms with Gasteiger partial charge in [-0.15, -0.1) is 0 Å². The van der Waals surface area contributed by atoms with Gasteiger partial charge in [0.15, 0.2) is 0 Å². The van der Waals surface area contributed by atoms with Gasteiger partial charge in [-0.2, -0.15) is 0 Å². The summed E-state index contributed by atoms with van der Waals surface area (Å²) in [4.78, 5) is 31.3. The predicted octanol–water partition coefficient (Wildman–Crippen LogP) is 4.10. The Morgan fingerprint density at radius 3 is 2.48 bits per heavy atom. The summed E-state index contributed by atoms with van der Waals surface area (Å²) in [5.41, 5.74) is 5.44. The van der Waals surface area contributed by atoms with E-state index in [0.29, 0.717) is 18.7 Å². The van der Waals surface area contributed by atoms with Gasteiger partial charge in [0.2, 0.25) is 0 Å². The predicted molar refractivity (Wildman–Crippen MR) is 122 cm³/mol. The largest absolute Gasteiger partial charge is 0.339 e. The van der Waals surface area contributed by atoms with Gasteiger partial charge in [0.1, 0.15) is 0 Å². The molecule has 7 heteroatoms. The minimum atomic E-state index is -0.233. The first-order chi connectivity index (χ1) is 15.0. The van der Waals surface area contributed by atoms with Crippen molar-refractivity contribution in [3.63, 3.8) is 0 Å². The minimum absolute atomic E-state index is 0.0841. The molecule has 0 spiro atoms. The van der Waals surface area contributed by atoms with Gasteiger partial charge in [-0.1, -0.05) is 6.07 Å². The van der Waals surface area contributed by atoms with Gasteiger partial charge in [0, 0.05) is 37.4 Å². The molecule has 0 bridgehead atoms. The Kier molecular flexibility index (Phi) is 6.21. The number of imidazole rings is 1. The molecule has 7 nitrogen and oxygen atoms in total. The summed E-state index contributed by atoms with van der Waals surface area (Å²) in [5, 5.41) is 5.76. The van der Waals surface area contributed by atoms with Crippen LogP contribution >= 0.6 is 0 Å². The fourth-order valence-corrected chi connectivity index (χ4v) is 4.17. The highest BCUT2D eigenvalue weighted by atomic mass is 16.2. The highest BCUT2D eigenvalue weighted by molar-refractivity contribution is 5.97. The van der Waals surface area contributed by atoms with Crippen LogP contribution in [0.3, 0.4) is 0 Å². The number of anilines is 1. The van der Waals surface area contributed by atoms with Gasteiger partial charge >= 0.3 is 6.03 Å². The quantitative estimate of drug-likeness (QED) is 0.653. The van der Waals surface area contributed by atoms with E-state index in [4.69, 9.17) is 0 Å². The van der Waals surface area contributed by atoms with Crippen molar-refractivity contribution in [3.05, 3.63) is 59.4 Å². The zero-order valence-electron chi connectivity index (χ0n) is 18.1. The minimum Gasteiger partial charge on any atom is -0.339 e. The smallest absolute Gasteiger partial charge is 0.319 e. The molecule has 4 rings (SSSR count). The van der Waals surface area contributed by atoms with Crippen molar-refractivity contribution in [2.45, 2.75) is 39.7 Å². The van der Waals surface area contributed by atoms with Gasteiger partial charge in [0.05, 0.1) is 17.4 Å². The first kappa shape index (κ1) is 20.9. The molecule has 1 aliphatic heterocycles. The van der Waals surface area contributed by atoms with Crippen LogP contribution in [0.25, 0.3) is 11.0 Å². The van der Waals surface area contributed by atoms with Crippen molar-refractivity contribution < 1.29 is 9.59 Å². The van der Waals surface area contributed by atoms with Crippen LogP contribution in [0, 0.1) is 13.8 Å². The molecule has 2 heterocycles. The summed E-state index contributed by atoms with van der Waals surface area (Å²) in [6.07, 6.45) is 5.10. The van der Waals surface area contributed by atoms with Crippen LogP contribution in [0.4, 0.5) is 10.5 Å². The second-order valence-electron chi connectivity index (χ2n) is 8.25. The Morgan fingerprint density at radius 1 is 1.00 bits per heavy atom. The number of rotatable bonds is 5. The van der Waals surface area contributed by atoms with E-state index < -0.39 is 0 Å². The molecule has 0 radical (unpaired) electrons. The second-order valence-corrected chi connectivity index (χ2v) is 8.25. The number of carbonyl (C=O) groups is 2. The van der Waals surface area contributed by atoms with Gasteiger partial charge in [-0.25, -0.2) is 9.78 Å². The number of piperidine rings is 1. The molecule has 2 aromatic carbocycles. The Balaban J connectivity index is 1.34. The van der Waals surface area contributed by atoms with E-state index >= 15 is 0 Å². The average Bonchev–Trinajstić information content (AvgIpc) is 3.15. The van der Waals surface area contributed by atoms with E-state index in [1.54, 1.807) is 6.33 Å². The third kappa shape index (κ3) is 5.05. The number of urea groups is 1. The molecule has 31 heavy (non-hydrogen) atoms. The highest BCUT2D eigenvalue weighted by Crippen LogP contribution is 2.18. The number of amides is 3. The maximum atomic E-state index is 12.7. The van der Waals surface area contributed by atoms with E-state index in [0.717, 1.165) is 53.8 Å². The Hall–Kier alpha value is -3.35. The molecule has 3 aromatic rings. The molecule has 0 unspecified atom stereocenters. The molecular weight excluding hydrogens is 390 g/mol. The number of likely N-dealkylation sites (tertiary alicyclic amines) is 1. The number of hydrogen-bond donors (Lipinski definition) is 2. The number of benzene rings is 2. The Bertz CT molecular complexity index is 1080. The van der Waals surface area contributed by atoms with Crippen LogP contribution in [-0.2, 0) is 6.54 Å². The normalized spacial score (nSPS) is 13.9. The molecule has 0 aliphatic carbocycles. The van der Waals surface area contributed by atoms with Crippen molar-refractivity contribution in [2.75, 3.05) is 25.0 Å². The van der Waals surface area contributed by atoms with E-state index in [1.165, 1.54) is 6.42 Å². The fraction of sp³-hybridized carbons (Fsp3) is 0.375. The number of aryl methyl sites for hydroxylation is 2. The monoisotopic (exact) mass is 419 g/mol. The van der Waals surface area contributed by atoms with E-state index in [1.807, 2.05) is 53.6 Å². The molecular formula is C24H29N5O2. The van der Waals surface area contributed by atoms with Crippen molar-refractivity contribution in [2.24, 2.45) is 0 Å². The summed E-state index contributed by atoms with van der Waals surface area (Å²) >= 11 is 0. The van der Waals surface area contributed by atoms with Gasteiger partial charge in [0.25, 0.3) is 5.91 Å². The topological polar surface area (TPSA) is 79.3 Å². The molecule has 2 N–H and O–H groups in total. The maximum absolute atomic E-state index is 12.7. The number of hydrogen-bond acceptors (Lipinski definition) is 3. The molecule has 0 atom stereocenters. The summed E-state index contributed by atoms with van der Waals surface area (Å²) in [7, 11) is 0. The standard InChI is InChI=1S/C24H29N5O2/c1-17-12-18(2)14-20(13-17)27-24(31)25-8-11-29-16-26-21-15-19(6-7-22(21)29)23(30)28-9-4-3-5-10-28/h6-7,12-16H,3-5,8-11H2,1-2H3,(H2,25,27,31). The van der Waals surface area contributed by atoms with Crippen molar-refractivity contribution in [3.8, 4) is 0 Å². The first-order valence-corrected chi connectivity index (χ1v) is 10.9. The highest BCUT2D eigenvalue weighted by Gasteiger charge is 2.19. The lowest BCUT2D eigenvalue weighted by molar-refractivity contribution is 0.0724. The first-order valence-electron chi connectivity index (χ1n) is 10.9. The third-order valence-electron chi connectivity index (χ3n) is 5.63. The van der Waals surface area contributed by atoms with Crippen LogP contribution in [0.5, 0.6) is 0 Å². The molecule has 162 valence electrons. The summed E-state index contributed by atoms with van der Waals surface area (Å²) < 4.78 is 1.99.